The van der Waals surface area contributed by atoms with Crippen LogP contribution in [0.1, 0.15) is 21.5 Å². The molecule has 3 rings (SSSR count). The summed E-state index contributed by atoms with van der Waals surface area (Å²) in [6.07, 6.45) is 3.10. The minimum atomic E-state index is -0.504. The van der Waals surface area contributed by atoms with Crippen LogP contribution in [-0.4, -0.2) is 15.5 Å². The predicted molar refractivity (Wildman–Crippen MR) is 93.0 cm³/mol. The van der Waals surface area contributed by atoms with Gasteiger partial charge in [-0.2, -0.15) is 0 Å². The molecule has 0 saturated carbocycles. The summed E-state index contributed by atoms with van der Waals surface area (Å²) in [5.74, 6) is -1.08. The molecule has 26 heavy (non-hydrogen) atoms. The summed E-state index contributed by atoms with van der Waals surface area (Å²) in [5.41, 5.74) is 1.01. The van der Waals surface area contributed by atoms with Crippen molar-refractivity contribution in [1.29, 1.82) is 0 Å². The Balaban J connectivity index is 1.71. The Morgan fingerprint density at radius 3 is 2.65 bits per heavy atom. The van der Waals surface area contributed by atoms with Gasteiger partial charge in [0.1, 0.15) is 17.5 Å². The lowest BCUT2D eigenvalue weighted by Gasteiger charge is -2.07. The Labute approximate surface area is 147 Å². The van der Waals surface area contributed by atoms with E-state index < -0.39 is 17.5 Å². The van der Waals surface area contributed by atoms with Gasteiger partial charge in [0.15, 0.2) is 0 Å². The third kappa shape index (κ3) is 4.00. The number of anilines is 1. The largest absolute Gasteiger partial charge is 0.318 e. The first-order valence-corrected chi connectivity index (χ1v) is 7.79. The topological polar surface area (TPSA) is 64.0 Å². The van der Waals surface area contributed by atoms with Crippen molar-refractivity contribution in [2.45, 2.75) is 6.42 Å². The van der Waals surface area contributed by atoms with E-state index >= 15 is 0 Å². The molecular weight excluding hydrogens is 340 g/mol. The van der Waals surface area contributed by atoms with Crippen LogP contribution in [0.4, 0.5) is 14.6 Å². The van der Waals surface area contributed by atoms with Crippen molar-refractivity contribution < 1.29 is 13.6 Å². The van der Waals surface area contributed by atoms with Crippen molar-refractivity contribution >= 4 is 11.7 Å². The molecule has 0 saturated heterocycles. The number of aryl methyl sites for hydroxylation is 1. The van der Waals surface area contributed by atoms with Gasteiger partial charge < -0.3 is 9.88 Å². The van der Waals surface area contributed by atoms with E-state index in [2.05, 4.69) is 10.3 Å². The number of pyridine rings is 2. The summed E-state index contributed by atoms with van der Waals surface area (Å²) in [6.45, 7) is 0. The Morgan fingerprint density at radius 1 is 1.15 bits per heavy atom. The fraction of sp³-hybridized carbons (Fsp3) is 0.105. The molecule has 0 fully saturated rings. The fourth-order valence-electron chi connectivity index (χ4n) is 2.42. The number of carbonyl (C=O) groups is 1. The molecule has 0 radical (unpaired) electrons. The molecule has 0 aliphatic heterocycles. The molecule has 2 heterocycles. The molecule has 0 spiro atoms. The summed E-state index contributed by atoms with van der Waals surface area (Å²) < 4.78 is 28.2. The fourth-order valence-corrected chi connectivity index (χ4v) is 2.42. The van der Waals surface area contributed by atoms with Gasteiger partial charge in [-0.15, -0.1) is 0 Å². The average molecular weight is 355 g/mol. The van der Waals surface area contributed by atoms with Crippen LogP contribution in [-0.2, 0) is 13.5 Å². The minimum Gasteiger partial charge on any atom is -0.318 e. The summed E-state index contributed by atoms with van der Waals surface area (Å²) in [4.78, 5) is 27.6. The van der Waals surface area contributed by atoms with Gasteiger partial charge in [-0.25, -0.2) is 13.8 Å². The second kappa shape index (κ2) is 7.26. The third-order valence-corrected chi connectivity index (χ3v) is 3.82. The van der Waals surface area contributed by atoms with E-state index in [0.29, 0.717) is 16.9 Å². The highest BCUT2D eigenvalue weighted by Crippen LogP contribution is 2.16. The van der Waals surface area contributed by atoms with Crippen molar-refractivity contribution in [1.82, 2.24) is 9.55 Å². The molecule has 0 atom stereocenters. The Morgan fingerprint density at radius 2 is 1.96 bits per heavy atom. The van der Waals surface area contributed by atoms with Gasteiger partial charge in [-0.1, -0.05) is 6.07 Å². The van der Waals surface area contributed by atoms with E-state index in [0.717, 1.165) is 18.2 Å². The minimum absolute atomic E-state index is 0.186. The first-order chi connectivity index (χ1) is 12.4. The predicted octanol–water partition coefficient (Wildman–Crippen LogP) is 2.90. The SMILES string of the molecule is Cn1cc(C(=O)Nc2ccc(Cc3cc(F)ccc3F)cn2)ccc1=O. The highest BCUT2D eigenvalue weighted by Gasteiger charge is 2.09. The second-order valence-electron chi connectivity index (χ2n) is 5.79. The lowest BCUT2D eigenvalue weighted by Crippen LogP contribution is -2.19. The molecule has 0 bridgehead atoms. The lowest BCUT2D eigenvalue weighted by molar-refractivity contribution is 0.102. The van der Waals surface area contributed by atoms with E-state index in [9.17, 15) is 18.4 Å². The van der Waals surface area contributed by atoms with Gasteiger partial charge in [-0.05, 0) is 41.5 Å². The highest BCUT2D eigenvalue weighted by atomic mass is 19.1. The number of aromatic nitrogens is 2. The molecule has 7 heteroatoms. The highest BCUT2D eigenvalue weighted by molar-refractivity contribution is 6.03. The first kappa shape index (κ1) is 17.5. The van der Waals surface area contributed by atoms with E-state index in [-0.39, 0.29) is 17.5 Å². The molecule has 0 aliphatic rings. The zero-order valence-corrected chi connectivity index (χ0v) is 13.9. The molecule has 3 aromatic rings. The normalized spacial score (nSPS) is 10.6. The van der Waals surface area contributed by atoms with Crippen LogP contribution in [0.3, 0.4) is 0 Å². The van der Waals surface area contributed by atoms with Crippen molar-refractivity contribution in [3.63, 3.8) is 0 Å². The number of nitrogens with zero attached hydrogens (tertiary/aromatic N) is 2. The molecule has 5 nitrogen and oxygen atoms in total. The molecule has 1 N–H and O–H groups in total. The molecule has 0 aliphatic carbocycles. The van der Waals surface area contributed by atoms with Gasteiger partial charge in [0, 0.05) is 31.9 Å². The molecule has 0 unspecified atom stereocenters. The van der Waals surface area contributed by atoms with Crippen LogP contribution in [0.25, 0.3) is 0 Å². The maximum Gasteiger partial charge on any atom is 0.258 e. The van der Waals surface area contributed by atoms with E-state index in [1.807, 2.05) is 0 Å². The number of nitrogens with one attached hydrogen (secondary N) is 1. The van der Waals surface area contributed by atoms with Crippen LogP contribution in [0.15, 0.2) is 59.7 Å². The van der Waals surface area contributed by atoms with E-state index in [1.165, 1.54) is 29.1 Å². The number of carbonyl (C=O) groups excluding carboxylic acids is 1. The molecule has 132 valence electrons. The molecule has 1 amide bonds. The smallest absolute Gasteiger partial charge is 0.258 e. The van der Waals surface area contributed by atoms with E-state index in [4.69, 9.17) is 0 Å². The van der Waals surface area contributed by atoms with E-state index in [1.54, 1.807) is 19.2 Å². The number of benzene rings is 1. The number of amides is 1. The zero-order chi connectivity index (χ0) is 18.7. The van der Waals surface area contributed by atoms with Gasteiger partial charge >= 0.3 is 0 Å². The first-order valence-electron chi connectivity index (χ1n) is 7.79. The standard InChI is InChI=1S/C19H15F2N3O2/c1-24-11-13(3-7-18(24)25)19(26)23-17-6-2-12(10-22-17)8-14-9-15(20)4-5-16(14)21/h2-7,9-11H,8H2,1H3,(H,22,23,26). The van der Waals surface area contributed by atoms with Crippen LogP contribution in [0, 0.1) is 11.6 Å². The van der Waals surface area contributed by atoms with Gasteiger partial charge in [0.05, 0.1) is 5.56 Å². The van der Waals surface area contributed by atoms with Crippen molar-refractivity contribution in [2.24, 2.45) is 7.05 Å². The second-order valence-corrected chi connectivity index (χ2v) is 5.79. The van der Waals surface area contributed by atoms with Crippen LogP contribution in [0.2, 0.25) is 0 Å². The summed E-state index contributed by atoms with van der Waals surface area (Å²) in [5, 5.41) is 2.62. The molecule has 1 aromatic carbocycles. The van der Waals surface area contributed by atoms with Crippen LogP contribution in [0.5, 0.6) is 0 Å². The summed E-state index contributed by atoms with van der Waals surface area (Å²) >= 11 is 0. The van der Waals surface area contributed by atoms with Crippen LogP contribution < -0.4 is 10.9 Å². The monoisotopic (exact) mass is 355 g/mol. The maximum absolute atomic E-state index is 13.7. The Bertz CT molecular complexity index is 1010. The number of halogens is 2. The average Bonchev–Trinajstić information content (AvgIpc) is 2.62. The molecular formula is C19H15F2N3O2. The number of rotatable bonds is 4. The van der Waals surface area contributed by atoms with Crippen molar-refractivity contribution in [2.75, 3.05) is 5.32 Å². The van der Waals surface area contributed by atoms with Crippen molar-refractivity contribution in [3.8, 4) is 0 Å². The Kier molecular flexibility index (Phi) is 4.88. The number of hydrogen-bond acceptors (Lipinski definition) is 3. The lowest BCUT2D eigenvalue weighted by atomic mass is 10.1. The maximum atomic E-state index is 13.7. The third-order valence-electron chi connectivity index (χ3n) is 3.82. The summed E-state index contributed by atoms with van der Waals surface area (Å²) in [6, 6.07) is 9.28. The van der Waals surface area contributed by atoms with Gasteiger partial charge in [0.2, 0.25) is 5.56 Å². The van der Waals surface area contributed by atoms with Gasteiger partial charge in [-0.3, -0.25) is 9.59 Å². The number of hydrogen-bond donors (Lipinski definition) is 1. The van der Waals surface area contributed by atoms with Gasteiger partial charge in [0.25, 0.3) is 5.91 Å². The van der Waals surface area contributed by atoms with Crippen LogP contribution >= 0.6 is 0 Å². The zero-order valence-electron chi connectivity index (χ0n) is 13.9. The Hall–Kier alpha value is -3.35. The summed E-state index contributed by atoms with van der Waals surface area (Å²) in [7, 11) is 1.55. The van der Waals surface area contributed by atoms with Crippen molar-refractivity contribution in [3.05, 3.63) is 93.5 Å². The quantitative estimate of drug-likeness (QED) is 0.783. The molecule has 2 aromatic heterocycles.